The molecule has 8 nitrogen and oxygen atoms in total. The standard InChI is InChI=1S/C21H26N6O2/c1-12-18(20-26-16-10-22-7-6-17(16)29-20)19(25-15-5-4-14(8-15)11-28)27-21(24-12)23-9-13-2-3-13/h6-7,10,13-15,28H,2-5,8-9,11H2,1H3,(H2,23,24,25,27)/t14-,15+/m1/s1. The predicted octanol–water partition coefficient (Wildman–Crippen LogP) is 3.38. The maximum Gasteiger partial charge on any atom is 0.232 e. The van der Waals surface area contributed by atoms with Gasteiger partial charge in [0.2, 0.25) is 11.8 Å². The van der Waals surface area contributed by atoms with Crippen LogP contribution in [0.5, 0.6) is 0 Å². The summed E-state index contributed by atoms with van der Waals surface area (Å²) in [7, 11) is 0. The molecule has 0 spiro atoms. The molecule has 3 N–H and O–H groups in total. The van der Waals surface area contributed by atoms with Crippen LogP contribution in [-0.4, -0.2) is 44.2 Å². The fourth-order valence-corrected chi connectivity index (χ4v) is 4.02. The Morgan fingerprint density at radius 3 is 2.76 bits per heavy atom. The van der Waals surface area contributed by atoms with Crippen LogP contribution in [0, 0.1) is 18.8 Å². The van der Waals surface area contributed by atoms with E-state index in [0.717, 1.165) is 48.8 Å². The number of fused-ring (bicyclic) bond motifs is 1. The summed E-state index contributed by atoms with van der Waals surface area (Å²) in [5.41, 5.74) is 3.00. The summed E-state index contributed by atoms with van der Waals surface area (Å²) in [4.78, 5) is 18.2. The highest BCUT2D eigenvalue weighted by molar-refractivity contribution is 5.79. The molecule has 2 fully saturated rings. The Labute approximate surface area is 169 Å². The van der Waals surface area contributed by atoms with Gasteiger partial charge in [-0.2, -0.15) is 4.98 Å². The molecule has 0 radical (unpaired) electrons. The molecule has 2 aliphatic rings. The molecule has 0 bridgehead atoms. The zero-order valence-corrected chi connectivity index (χ0v) is 16.6. The summed E-state index contributed by atoms with van der Waals surface area (Å²) in [5, 5.41) is 16.4. The van der Waals surface area contributed by atoms with Gasteiger partial charge in [0.05, 0.1) is 11.9 Å². The third kappa shape index (κ3) is 3.89. The number of oxazole rings is 1. The number of pyridine rings is 1. The minimum absolute atomic E-state index is 0.236. The molecule has 2 aliphatic carbocycles. The molecule has 0 aromatic carbocycles. The van der Waals surface area contributed by atoms with Crippen LogP contribution in [0.1, 0.15) is 37.8 Å². The number of hydrogen-bond donors (Lipinski definition) is 3. The number of aliphatic hydroxyl groups excluding tert-OH is 1. The minimum Gasteiger partial charge on any atom is -0.436 e. The van der Waals surface area contributed by atoms with Crippen molar-refractivity contribution in [1.29, 1.82) is 0 Å². The molecular weight excluding hydrogens is 368 g/mol. The van der Waals surface area contributed by atoms with Crippen molar-refractivity contribution in [3.05, 3.63) is 24.2 Å². The lowest BCUT2D eigenvalue weighted by Gasteiger charge is -2.18. The molecule has 8 heteroatoms. The van der Waals surface area contributed by atoms with Crippen molar-refractivity contribution in [3.8, 4) is 11.5 Å². The Kier molecular flexibility index (Phi) is 4.79. The number of aryl methyl sites for hydroxylation is 1. The maximum atomic E-state index is 9.48. The number of aromatic nitrogens is 4. The molecule has 0 aliphatic heterocycles. The third-order valence-corrected chi connectivity index (χ3v) is 5.88. The van der Waals surface area contributed by atoms with Gasteiger partial charge in [0, 0.05) is 31.5 Å². The van der Waals surface area contributed by atoms with Gasteiger partial charge in [0.1, 0.15) is 16.9 Å². The second-order valence-electron chi connectivity index (χ2n) is 8.25. The van der Waals surface area contributed by atoms with Crippen molar-refractivity contribution in [2.24, 2.45) is 11.8 Å². The summed E-state index contributed by atoms with van der Waals surface area (Å²) in [6.07, 6.45) is 8.90. The van der Waals surface area contributed by atoms with Gasteiger partial charge in [0.15, 0.2) is 5.58 Å². The van der Waals surface area contributed by atoms with Crippen LogP contribution in [0.2, 0.25) is 0 Å². The molecule has 3 heterocycles. The van der Waals surface area contributed by atoms with E-state index >= 15 is 0 Å². The van der Waals surface area contributed by atoms with Crippen molar-refractivity contribution >= 4 is 22.9 Å². The van der Waals surface area contributed by atoms with E-state index in [1.165, 1.54) is 12.8 Å². The predicted molar refractivity (Wildman–Crippen MR) is 111 cm³/mol. The highest BCUT2D eigenvalue weighted by Crippen LogP contribution is 2.35. The normalized spacial score (nSPS) is 21.6. The van der Waals surface area contributed by atoms with E-state index in [1.54, 1.807) is 12.4 Å². The first-order valence-corrected chi connectivity index (χ1v) is 10.4. The van der Waals surface area contributed by atoms with Crippen LogP contribution in [0.15, 0.2) is 22.9 Å². The first kappa shape index (κ1) is 18.3. The van der Waals surface area contributed by atoms with E-state index in [9.17, 15) is 5.11 Å². The van der Waals surface area contributed by atoms with E-state index in [2.05, 4.69) is 25.6 Å². The van der Waals surface area contributed by atoms with Gasteiger partial charge in [-0.25, -0.2) is 9.97 Å². The molecule has 5 rings (SSSR count). The van der Waals surface area contributed by atoms with E-state index in [4.69, 9.17) is 9.40 Å². The van der Waals surface area contributed by atoms with Crippen LogP contribution < -0.4 is 10.6 Å². The van der Waals surface area contributed by atoms with Crippen molar-refractivity contribution in [2.75, 3.05) is 23.8 Å². The molecule has 29 heavy (non-hydrogen) atoms. The van der Waals surface area contributed by atoms with Gasteiger partial charge in [0.25, 0.3) is 0 Å². The Bertz CT molecular complexity index is 983. The third-order valence-electron chi connectivity index (χ3n) is 5.88. The van der Waals surface area contributed by atoms with E-state index in [-0.39, 0.29) is 12.6 Å². The SMILES string of the molecule is Cc1nc(NCC2CC2)nc(N[C@H]2CC[C@@H](CO)C2)c1-c1nc2cnccc2o1. The summed E-state index contributed by atoms with van der Waals surface area (Å²) in [6.45, 7) is 3.10. The van der Waals surface area contributed by atoms with Gasteiger partial charge in [-0.3, -0.25) is 4.98 Å². The average molecular weight is 394 g/mol. The fourth-order valence-electron chi connectivity index (χ4n) is 4.02. The number of nitrogens with one attached hydrogen (secondary N) is 2. The van der Waals surface area contributed by atoms with Crippen molar-refractivity contribution in [2.45, 2.75) is 45.1 Å². The zero-order chi connectivity index (χ0) is 19.8. The molecule has 0 unspecified atom stereocenters. The van der Waals surface area contributed by atoms with Gasteiger partial charge in [-0.1, -0.05) is 0 Å². The van der Waals surface area contributed by atoms with Crippen LogP contribution >= 0.6 is 0 Å². The molecule has 3 aromatic rings. The lowest BCUT2D eigenvalue weighted by Crippen LogP contribution is -2.19. The summed E-state index contributed by atoms with van der Waals surface area (Å²) in [5.74, 6) is 2.95. The second kappa shape index (κ2) is 7.59. The molecule has 3 aromatic heterocycles. The minimum atomic E-state index is 0.236. The maximum absolute atomic E-state index is 9.48. The Hall–Kier alpha value is -2.74. The molecule has 152 valence electrons. The van der Waals surface area contributed by atoms with E-state index < -0.39 is 0 Å². The van der Waals surface area contributed by atoms with Gasteiger partial charge in [-0.15, -0.1) is 0 Å². The van der Waals surface area contributed by atoms with Crippen molar-refractivity contribution in [1.82, 2.24) is 19.9 Å². The van der Waals surface area contributed by atoms with Crippen molar-refractivity contribution in [3.63, 3.8) is 0 Å². The summed E-state index contributed by atoms with van der Waals surface area (Å²) < 4.78 is 6.00. The van der Waals surface area contributed by atoms with Gasteiger partial charge in [-0.05, 0) is 50.9 Å². The van der Waals surface area contributed by atoms with Gasteiger partial charge >= 0.3 is 0 Å². The summed E-state index contributed by atoms with van der Waals surface area (Å²) in [6, 6.07) is 2.08. The van der Waals surface area contributed by atoms with Crippen LogP contribution in [0.3, 0.4) is 0 Å². The number of hydrogen-bond acceptors (Lipinski definition) is 8. The Morgan fingerprint density at radius 1 is 1.14 bits per heavy atom. The number of nitrogens with zero attached hydrogens (tertiary/aromatic N) is 4. The van der Waals surface area contributed by atoms with Crippen LogP contribution in [0.25, 0.3) is 22.6 Å². The fraction of sp³-hybridized carbons (Fsp3) is 0.524. The molecule has 0 saturated heterocycles. The second-order valence-corrected chi connectivity index (χ2v) is 8.25. The monoisotopic (exact) mass is 394 g/mol. The van der Waals surface area contributed by atoms with E-state index in [0.29, 0.717) is 28.9 Å². The Morgan fingerprint density at radius 2 is 2.00 bits per heavy atom. The first-order chi connectivity index (χ1) is 14.2. The van der Waals surface area contributed by atoms with Crippen molar-refractivity contribution < 1.29 is 9.52 Å². The quantitative estimate of drug-likeness (QED) is 0.559. The smallest absolute Gasteiger partial charge is 0.232 e. The zero-order valence-electron chi connectivity index (χ0n) is 16.6. The highest BCUT2D eigenvalue weighted by Gasteiger charge is 2.27. The number of aliphatic hydroxyl groups is 1. The molecule has 2 saturated carbocycles. The Balaban J connectivity index is 1.50. The lowest BCUT2D eigenvalue weighted by atomic mass is 10.1. The topological polar surface area (TPSA) is 109 Å². The van der Waals surface area contributed by atoms with Crippen LogP contribution in [-0.2, 0) is 0 Å². The van der Waals surface area contributed by atoms with E-state index in [1.807, 2.05) is 13.0 Å². The summed E-state index contributed by atoms with van der Waals surface area (Å²) >= 11 is 0. The average Bonchev–Trinajstić information content (AvgIpc) is 3.27. The molecular formula is C21H26N6O2. The van der Waals surface area contributed by atoms with Crippen LogP contribution in [0.4, 0.5) is 11.8 Å². The highest BCUT2D eigenvalue weighted by atomic mass is 16.3. The number of anilines is 2. The molecule has 0 amide bonds. The first-order valence-electron chi connectivity index (χ1n) is 10.4. The molecule has 2 atom stereocenters. The largest absolute Gasteiger partial charge is 0.436 e. The van der Waals surface area contributed by atoms with Gasteiger partial charge < -0.3 is 20.2 Å². The lowest BCUT2D eigenvalue weighted by molar-refractivity contribution is 0.229. The number of rotatable bonds is 7.